The van der Waals surface area contributed by atoms with E-state index >= 15 is 0 Å². The fraction of sp³-hybridized carbons (Fsp3) is 0.667. The first-order valence-corrected chi connectivity index (χ1v) is 9.72. The molecule has 0 spiro atoms. The zero-order chi connectivity index (χ0) is 19.3. The molecule has 1 heterocycles. The van der Waals surface area contributed by atoms with Crippen LogP contribution in [0.15, 0.2) is 30.3 Å². The van der Waals surface area contributed by atoms with Crippen molar-refractivity contribution in [2.24, 2.45) is 5.73 Å². The number of nitrogens with zero attached hydrogens (tertiary/aromatic N) is 1. The highest BCUT2D eigenvalue weighted by atomic mass is 16.6. The summed E-state index contributed by atoms with van der Waals surface area (Å²) in [6.45, 7) is 7.75. The van der Waals surface area contributed by atoms with Crippen LogP contribution in [0.5, 0.6) is 0 Å². The van der Waals surface area contributed by atoms with E-state index < -0.39 is 17.7 Å². The van der Waals surface area contributed by atoms with Crippen LogP contribution >= 0.6 is 0 Å². The van der Waals surface area contributed by atoms with Crippen LogP contribution in [-0.4, -0.2) is 39.8 Å². The maximum atomic E-state index is 12.8. The van der Waals surface area contributed by atoms with Crippen LogP contribution in [0.2, 0.25) is 0 Å². The third kappa shape index (κ3) is 5.45. The fourth-order valence-corrected chi connectivity index (χ4v) is 3.75. The number of likely N-dealkylation sites (tertiary alicyclic amines) is 1. The Morgan fingerprint density at radius 3 is 2.46 bits per heavy atom. The van der Waals surface area contributed by atoms with Crippen molar-refractivity contribution in [1.29, 1.82) is 0 Å². The summed E-state index contributed by atoms with van der Waals surface area (Å²) >= 11 is 0. The predicted molar refractivity (Wildman–Crippen MR) is 104 cm³/mol. The number of piperidine rings is 1. The molecule has 146 valence electrons. The summed E-state index contributed by atoms with van der Waals surface area (Å²) in [4.78, 5) is 14.7. The van der Waals surface area contributed by atoms with Crippen LogP contribution in [0.3, 0.4) is 0 Å². The van der Waals surface area contributed by atoms with Crippen molar-refractivity contribution < 1.29 is 14.6 Å². The number of ether oxygens (including phenoxy) is 1. The number of carbonyl (C=O) groups excluding carboxylic acids is 1. The van der Waals surface area contributed by atoms with Crippen LogP contribution < -0.4 is 5.73 Å². The summed E-state index contributed by atoms with van der Waals surface area (Å²) in [5.41, 5.74) is 6.61. The molecular weight excluding hydrogens is 328 g/mol. The summed E-state index contributed by atoms with van der Waals surface area (Å²) in [5, 5.41) is 10.6. The van der Waals surface area contributed by atoms with E-state index in [1.165, 1.54) is 0 Å². The van der Waals surface area contributed by atoms with Crippen molar-refractivity contribution >= 4 is 6.09 Å². The molecule has 1 aliphatic heterocycles. The van der Waals surface area contributed by atoms with E-state index in [0.717, 1.165) is 31.2 Å². The molecule has 1 aromatic rings. The summed E-state index contributed by atoms with van der Waals surface area (Å²) < 4.78 is 5.65. The van der Waals surface area contributed by atoms with Gasteiger partial charge in [0.05, 0.1) is 6.10 Å². The second-order valence-corrected chi connectivity index (χ2v) is 8.29. The van der Waals surface area contributed by atoms with Crippen molar-refractivity contribution in [3.8, 4) is 0 Å². The van der Waals surface area contributed by atoms with Gasteiger partial charge >= 0.3 is 6.09 Å². The van der Waals surface area contributed by atoms with Gasteiger partial charge in [-0.25, -0.2) is 4.79 Å². The lowest BCUT2D eigenvalue weighted by Gasteiger charge is -2.43. The minimum absolute atomic E-state index is 0.00286. The Morgan fingerprint density at radius 2 is 1.88 bits per heavy atom. The van der Waals surface area contributed by atoms with E-state index in [1.54, 1.807) is 0 Å². The number of nitrogens with two attached hydrogens (primary N) is 1. The van der Waals surface area contributed by atoms with E-state index in [4.69, 9.17) is 10.5 Å². The maximum Gasteiger partial charge on any atom is 0.410 e. The van der Waals surface area contributed by atoms with Crippen molar-refractivity contribution in [2.75, 3.05) is 0 Å². The van der Waals surface area contributed by atoms with E-state index in [-0.39, 0.29) is 18.2 Å². The van der Waals surface area contributed by atoms with Crippen LogP contribution in [-0.2, 0) is 4.74 Å². The van der Waals surface area contributed by atoms with Crippen LogP contribution in [0, 0.1) is 0 Å². The first-order valence-electron chi connectivity index (χ1n) is 9.72. The monoisotopic (exact) mass is 362 g/mol. The van der Waals surface area contributed by atoms with Crippen molar-refractivity contribution in [3.63, 3.8) is 0 Å². The minimum Gasteiger partial charge on any atom is -0.444 e. The third-order valence-corrected chi connectivity index (χ3v) is 5.03. The normalized spacial score (nSPS) is 23.4. The standard InChI is InChI=1S/C21H34N2O3/c1-5-16-12-9-13-17(23(16)20(25)26-21(2,3)4)14-18(22)19(24)15-10-7-6-8-11-15/h6-8,10-11,16-19,24H,5,9,12-14,22H2,1-4H3. The highest BCUT2D eigenvalue weighted by Crippen LogP contribution is 2.31. The van der Waals surface area contributed by atoms with Gasteiger partial charge < -0.3 is 20.5 Å². The second-order valence-electron chi connectivity index (χ2n) is 8.29. The van der Waals surface area contributed by atoms with Gasteiger partial charge in [-0.2, -0.15) is 0 Å². The molecule has 5 nitrogen and oxygen atoms in total. The van der Waals surface area contributed by atoms with E-state index in [2.05, 4.69) is 6.92 Å². The molecule has 4 atom stereocenters. The van der Waals surface area contributed by atoms with Crippen LogP contribution in [0.4, 0.5) is 4.79 Å². The molecule has 1 aliphatic rings. The predicted octanol–water partition coefficient (Wildman–Crippen LogP) is 4.01. The number of aliphatic hydroxyl groups excluding tert-OH is 1. The molecule has 3 N–H and O–H groups in total. The lowest BCUT2D eigenvalue weighted by Crippen LogP contribution is -2.53. The summed E-state index contributed by atoms with van der Waals surface area (Å²) in [7, 11) is 0. The number of amides is 1. The quantitative estimate of drug-likeness (QED) is 0.830. The Balaban J connectivity index is 2.12. The largest absolute Gasteiger partial charge is 0.444 e. The zero-order valence-corrected chi connectivity index (χ0v) is 16.5. The molecule has 0 radical (unpaired) electrons. The SMILES string of the molecule is CCC1CCCC(CC(N)C(O)c2ccccc2)N1C(=O)OC(C)(C)C. The number of aliphatic hydroxyl groups is 1. The number of carbonyl (C=O) groups is 1. The fourth-order valence-electron chi connectivity index (χ4n) is 3.75. The van der Waals surface area contributed by atoms with Gasteiger partial charge in [-0.15, -0.1) is 0 Å². The summed E-state index contributed by atoms with van der Waals surface area (Å²) in [6, 6.07) is 9.21. The van der Waals surface area contributed by atoms with Gasteiger partial charge in [0.1, 0.15) is 5.60 Å². The van der Waals surface area contributed by atoms with E-state index in [0.29, 0.717) is 6.42 Å². The Bertz CT molecular complexity index is 570. The molecule has 1 saturated heterocycles. The summed E-state index contributed by atoms with van der Waals surface area (Å²) in [6.07, 6.45) is 3.40. The average Bonchev–Trinajstić information content (AvgIpc) is 2.59. The van der Waals surface area contributed by atoms with Gasteiger partial charge in [0.25, 0.3) is 0 Å². The molecule has 5 heteroatoms. The van der Waals surface area contributed by atoms with Crippen LogP contribution in [0.1, 0.15) is 71.5 Å². The molecule has 26 heavy (non-hydrogen) atoms. The first kappa shape index (κ1) is 20.7. The van der Waals surface area contributed by atoms with Gasteiger partial charge in [0.2, 0.25) is 0 Å². The molecule has 0 aliphatic carbocycles. The Morgan fingerprint density at radius 1 is 1.27 bits per heavy atom. The van der Waals surface area contributed by atoms with E-state index in [9.17, 15) is 9.90 Å². The number of hydrogen-bond acceptors (Lipinski definition) is 4. The van der Waals surface area contributed by atoms with Gasteiger partial charge in [-0.1, -0.05) is 37.3 Å². The second kappa shape index (κ2) is 8.87. The average molecular weight is 363 g/mol. The molecule has 4 unspecified atom stereocenters. The molecular formula is C21H34N2O3. The topological polar surface area (TPSA) is 75.8 Å². The maximum absolute atomic E-state index is 12.8. The minimum atomic E-state index is -0.737. The Hall–Kier alpha value is -1.59. The Kier molecular flexibility index (Phi) is 7.07. The third-order valence-electron chi connectivity index (χ3n) is 5.03. The molecule has 2 rings (SSSR count). The van der Waals surface area contributed by atoms with Crippen LogP contribution in [0.25, 0.3) is 0 Å². The molecule has 0 bridgehead atoms. The number of hydrogen-bond donors (Lipinski definition) is 2. The van der Waals surface area contributed by atoms with Gasteiger partial charge in [-0.3, -0.25) is 0 Å². The number of rotatable bonds is 5. The van der Waals surface area contributed by atoms with Gasteiger partial charge in [0.15, 0.2) is 0 Å². The van der Waals surface area contributed by atoms with Crippen molar-refractivity contribution in [2.45, 2.75) is 89.6 Å². The lowest BCUT2D eigenvalue weighted by atomic mass is 9.88. The summed E-state index contributed by atoms with van der Waals surface area (Å²) in [5.74, 6) is 0. The smallest absolute Gasteiger partial charge is 0.410 e. The highest BCUT2D eigenvalue weighted by molar-refractivity contribution is 5.69. The molecule has 1 fully saturated rings. The molecule has 1 amide bonds. The molecule has 0 saturated carbocycles. The molecule has 1 aromatic carbocycles. The zero-order valence-electron chi connectivity index (χ0n) is 16.5. The van der Waals surface area contributed by atoms with Crippen molar-refractivity contribution in [3.05, 3.63) is 35.9 Å². The highest BCUT2D eigenvalue weighted by Gasteiger charge is 2.37. The first-order chi connectivity index (χ1) is 12.2. The van der Waals surface area contributed by atoms with Crippen molar-refractivity contribution in [1.82, 2.24) is 4.90 Å². The Labute approximate surface area is 157 Å². The molecule has 0 aromatic heterocycles. The lowest BCUT2D eigenvalue weighted by molar-refractivity contribution is -0.0111. The van der Waals surface area contributed by atoms with Gasteiger partial charge in [-0.05, 0) is 58.4 Å². The van der Waals surface area contributed by atoms with Gasteiger partial charge in [0, 0.05) is 18.1 Å². The van der Waals surface area contributed by atoms with E-state index in [1.807, 2.05) is 56.0 Å². The number of benzene rings is 1.